The summed E-state index contributed by atoms with van der Waals surface area (Å²) in [6, 6.07) is 0.604. The van der Waals surface area contributed by atoms with Gasteiger partial charge in [-0.2, -0.15) is 11.8 Å². The zero-order valence-electron chi connectivity index (χ0n) is 13.3. The number of rotatable bonds is 7. The van der Waals surface area contributed by atoms with Crippen molar-refractivity contribution in [1.29, 1.82) is 0 Å². The summed E-state index contributed by atoms with van der Waals surface area (Å²) in [6.07, 6.45) is 1.03. The summed E-state index contributed by atoms with van der Waals surface area (Å²) in [5.41, 5.74) is 0. The Labute approximate surface area is 127 Å². The number of hydrogen-bond donors (Lipinski definition) is 2. The molecule has 0 spiro atoms. The quantitative estimate of drug-likeness (QED) is 0.691. The van der Waals surface area contributed by atoms with Crippen molar-refractivity contribution in [3.05, 3.63) is 0 Å². The molecule has 1 rings (SSSR count). The number of likely N-dealkylation sites (N-methyl/N-ethyl adjacent to an activating group) is 2. The molecule has 5 nitrogen and oxygen atoms in total. The van der Waals surface area contributed by atoms with Gasteiger partial charge in [0.25, 0.3) is 0 Å². The highest BCUT2D eigenvalue weighted by molar-refractivity contribution is 7.99. The van der Waals surface area contributed by atoms with Crippen molar-refractivity contribution in [3.8, 4) is 0 Å². The molecule has 1 saturated heterocycles. The van der Waals surface area contributed by atoms with E-state index in [0.29, 0.717) is 12.6 Å². The molecule has 1 aliphatic heterocycles. The molecule has 0 aromatic rings. The molecule has 20 heavy (non-hydrogen) atoms. The van der Waals surface area contributed by atoms with Crippen molar-refractivity contribution < 1.29 is 4.79 Å². The van der Waals surface area contributed by atoms with Gasteiger partial charge in [-0.25, -0.2) is 4.79 Å². The van der Waals surface area contributed by atoms with Crippen LogP contribution < -0.4 is 10.6 Å². The summed E-state index contributed by atoms with van der Waals surface area (Å²) in [7, 11) is 4.26. The van der Waals surface area contributed by atoms with E-state index in [1.807, 2.05) is 11.8 Å². The van der Waals surface area contributed by atoms with Crippen LogP contribution >= 0.6 is 11.8 Å². The van der Waals surface area contributed by atoms with Crippen molar-refractivity contribution in [1.82, 2.24) is 20.4 Å². The molecule has 6 heteroatoms. The van der Waals surface area contributed by atoms with Gasteiger partial charge in [-0.1, -0.05) is 6.92 Å². The molecule has 118 valence electrons. The van der Waals surface area contributed by atoms with E-state index in [1.165, 1.54) is 0 Å². The average Bonchev–Trinajstić information content (AvgIpc) is 2.40. The van der Waals surface area contributed by atoms with Crippen molar-refractivity contribution in [2.75, 3.05) is 51.8 Å². The number of thioether (sulfide) groups is 1. The Morgan fingerprint density at radius 2 is 2.15 bits per heavy atom. The number of carbonyl (C=O) groups is 1. The predicted molar refractivity (Wildman–Crippen MR) is 87.5 cm³/mol. The van der Waals surface area contributed by atoms with E-state index in [-0.39, 0.29) is 12.1 Å². The lowest BCUT2D eigenvalue weighted by molar-refractivity contribution is 0.114. The Bertz CT molecular complexity index is 290. The van der Waals surface area contributed by atoms with Crippen LogP contribution in [0.15, 0.2) is 0 Å². The maximum Gasteiger partial charge on any atom is 0.315 e. The molecule has 2 amide bonds. The molecule has 0 unspecified atom stereocenters. The first-order valence-electron chi connectivity index (χ1n) is 7.53. The van der Waals surface area contributed by atoms with E-state index in [1.54, 1.807) is 0 Å². The molecule has 0 aromatic carbocycles. The van der Waals surface area contributed by atoms with Crippen LogP contribution in [-0.2, 0) is 0 Å². The highest BCUT2D eigenvalue weighted by Crippen LogP contribution is 2.05. The molecular formula is C14H30N4OS. The fourth-order valence-corrected chi connectivity index (χ4v) is 3.09. The first-order chi connectivity index (χ1) is 9.52. The van der Waals surface area contributed by atoms with Gasteiger partial charge in [-0.15, -0.1) is 0 Å². The van der Waals surface area contributed by atoms with Crippen molar-refractivity contribution >= 4 is 17.8 Å². The number of piperazine rings is 1. The largest absolute Gasteiger partial charge is 0.337 e. The van der Waals surface area contributed by atoms with Gasteiger partial charge in [-0.05, 0) is 38.9 Å². The fraction of sp³-hybridized carbons (Fsp3) is 0.929. The fourth-order valence-electron chi connectivity index (χ4n) is 2.28. The molecule has 0 saturated carbocycles. The molecule has 0 aliphatic carbocycles. The third-order valence-corrected chi connectivity index (χ3v) is 4.69. The van der Waals surface area contributed by atoms with Crippen LogP contribution in [0.2, 0.25) is 0 Å². The van der Waals surface area contributed by atoms with Crippen LogP contribution in [0.5, 0.6) is 0 Å². The van der Waals surface area contributed by atoms with Crippen molar-refractivity contribution in [3.63, 3.8) is 0 Å². The van der Waals surface area contributed by atoms with Gasteiger partial charge in [0.05, 0.1) is 0 Å². The third-order valence-electron chi connectivity index (χ3n) is 3.76. The van der Waals surface area contributed by atoms with Gasteiger partial charge in [0.15, 0.2) is 0 Å². The lowest BCUT2D eigenvalue weighted by Crippen LogP contribution is -2.55. The van der Waals surface area contributed by atoms with Crippen LogP contribution in [0, 0.1) is 0 Å². The number of carbonyl (C=O) groups excluding carboxylic acids is 1. The van der Waals surface area contributed by atoms with Crippen LogP contribution in [0.3, 0.4) is 0 Å². The lowest BCUT2D eigenvalue weighted by atomic mass is 10.2. The van der Waals surface area contributed by atoms with Gasteiger partial charge < -0.3 is 15.5 Å². The molecule has 0 radical (unpaired) electrons. The Hall–Kier alpha value is -0.460. The van der Waals surface area contributed by atoms with Crippen LogP contribution in [0.1, 0.15) is 20.3 Å². The number of amides is 2. The predicted octanol–water partition coefficient (Wildman–Crippen LogP) is 1.06. The van der Waals surface area contributed by atoms with E-state index < -0.39 is 0 Å². The number of urea groups is 1. The first kappa shape index (κ1) is 17.6. The second kappa shape index (κ2) is 9.47. The summed E-state index contributed by atoms with van der Waals surface area (Å²) in [6.45, 7) is 8.12. The highest BCUT2D eigenvalue weighted by Gasteiger charge is 2.22. The second-order valence-electron chi connectivity index (χ2n) is 5.64. The number of nitrogens with one attached hydrogen (secondary N) is 2. The van der Waals surface area contributed by atoms with Crippen molar-refractivity contribution in [2.45, 2.75) is 32.4 Å². The van der Waals surface area contributed by atoms with Gasteiger partial charge >= 0.3 is 6.03 Å². The van der Waals surface area contributed by atoms with E-state index in [0.717, 1.165) is 37.6 Å². The SMILES string of the molecule is CCSCC[C@@H](C)NC(=O)NC[C@H]1CN(C)CCN1C. The molecule has 0 aromatic heterocycles. The van der Waals surface area contributed by atoms with Gasteiger partial charge in [0.2, 0.25) is 0 Å². The van der Waals surface area contributed by atoms with E-state index in [4.69, 9.17) is 0 Å². The number of hydrogen-bond acceptors (Lipinski definition) is 4. The molecule has 0 bridgehead atoms. The summed E-state index contributed by atoms with van der Waals surface area (Å²) in [4.78, 5) is 16.5. The minimum Gasteiger partial charge on any atom is -0.337 e. The van der Waals surface area contributed by atoms with E-state index >= 15 is 0 Å². The topological polar surface area (TPSA) is 47.6 Å². The van der Waals surface area contributed by atoms with Crippen LogP contribution in [-0.4, -0.2) is 79.7 Å². The first-order valence-corrected chi connectivity index (χ1v) is 8.69. The standard InChI is InChI=1S/C14H30N4OS/c1-5-20-9-6-12(2)16-14(19)15-10-13-11-17(3)7-8-18(13)4/h12-13H,5-11H2,1-4H3,(H2,15,16,19)/t12-,13+/m1/s1. The Kier molecular flexibility index (Phi) is 8.33. The molecule has 2 N–H and O–H groups in total. The van der Waals surface area contributed by atoms with Gasteiger partial charge in [-0.3, -0.25) is 4.90 Å². The molecule has 2 atom stereocenters. The van der Waals surface area contributed by atoms with Crippen LogP contribution in [0.25, 0.3) is 0 Å². The highest BCUT2D eigenvalue weighted by atomic mass is 32.2. The van der Waals surface area contributed by atoms with Gasteiger partial charge in [0, 0.05) is 38.3 Å². The Balaban J connectivity index is 2.18. The summed E-state index contributed by atoms with van der Waals surface area (Å²) in [5.74, 6) is 2.24. The smallest absolute Gasteiger partial charge is 0.315 e. The van der Waals surface area contributed by atoms with Crippen molar-refractivity contribution in [2.24, 2.45) is 0 Å². The molecular weight excluding hydrogens is 272 g/mol. The molecule has 1 fully saturated rings. The van der Waals surface area contributed by atoms with E-state index in [9.17, 15) is 4.79 Å². The van der Waals surface area contributed by atoms with E-state index in [2.05, 4.69) is 48.4 Å². The maximum absolute atomic E-state index is 11.9. The van der Waals surface area contributed by atoms with Gasteiger partial charge in [0.1, 0.15) is 0 Å². The lowest BCUT2D eigenvalue weighted by Gasteiger charge is -2.37. The average molecular weight is 302 g/mol. The number of nitrogens with zero attached hydrogens (tertiary/aromatic N) is 2. The maximum atomic E-state index is 11.9. The zero-order valence-corrected chi connectivity index (χ0v) is 14.1. The summed E-state index contributed by atoms with van der Waals surface area (Å²) < 4.78 is 0. The molecule has 1 aliphatic rings. The normalized spacial score (nSPS) is 22.5. The molecule has 1 heterocycles. The Morgan fingerprint density at radius 3 is 2.85 bits per heavy atom. The third kappa shape index (κ3) is 6.81. The summed E-state index contributed by atoms with van der Waals surface area (Å²) in [5, 5.41) is 6.01. The zero-order chi connectivity index (χ0) is 15.0. The van der Waals surface area contributed by atoms with Crippen LogP contribution in [0.4, 0.5) is 4.79 Å². The minimum absolute atomic E-state index is 0.0411. The Morgan fingerprint density at radius 1 is 1.40 bits per heavy atom. The second-order valence-corrected chi connectivity index (χ2v) is 7.03. The summed E-state index contributed by atoms with van der Waals surface area (Å²) >= 11 is 1.92. The monoisotopic (exact) mass is 302 g/mol. The minimum atomic E-state index is -0.0411.